The summed E-state index contributed by atoms with van der Waals surface area (Å²) in [6.45, 7) is 4.22. The third-order valence-corrected chi connectivity index (χ3v) is 9.41. The summed E-state index contributed by atoms with van der Waals surface area (Å²) in [5.74, 6) is 0. The van der Waals surface area contributed by atoms with Crippen LogP contribution in [-0.4, -0.2) is 32.2 Å². The molecule has 0 spiro atoms. The van der Waals surface area contributed by atoms with Crippen molar-refractivity contribution in [1.82, 2.24) is 15.0 Å². The largest absolute Gasteiger partial charge is 0.288 e. The zero-order valence-electron chi connectivity index (χ0n) is 30.9. The molecule has 1 fully saturated rings. The summed E-state index contributed by atoms with van der Waals surface area (Å²) >= 11 is 0. The number of hydrogen-bond donors (Lipinski definition) is 0. The molecule has 6 aromatic rings. The van der Waals surface area contributed by atoms with Crippen LogP contribution in [0.1, 0.15) is 52.6 Å². The van der Waals surface area contributed by atoms with Gasteiger partial charge in [-0.2, -0.15) is 15.3 Å². The van der Waals surface area contributed by atoms with E-state index in [-0.39, 0.29) is 0 Å². The van der Waals surface area contributed by atoms with Crippen molar-refractivity contribution >= 4 is 17.1 Å². The Morgan fingerprint density at radius 3 is 0.852 bits per heavy atom. The molecule has 6 aromatic carbocycles. The molecule has 54 heavy (non-hydrogen) atoms. The van der Waals surface area contributed by atoms with Gasteiger partial charge in [0.25, 0.3) is 0 Å². The summed E-state index contributed by atoms with van der Waals surface area (Å²) in [6, 6.07) is 63.7. The standard InChI is InChI=1S/C48H48N6/c1-7-19-40(20-8-1)34-52(35-41-21-9-2-10-22-41)49-46-31-32-47(50-53(36-42-23-11-3-12-24-42)37-43-25-13-4-14-26-43)48(33-46)51-54(38-44-27-15-5-16-28-44)39-45-29-17-6-18-30-45/h1-30H,31-39H2. The van der Waals surface area contributed by atoms with Crippen LogP contribution >= 0.6 is 0 Å². The highest BCUT2D eigenvalue weighted by Crippen LogP contribution is 2.21. The zero-order chi connectivity index (χ0) is 36.6. The van der Waals surface area contributed by atoms with Crippen molar-refractivity contribution in [2.24, 2.45) is 15.3 Å². The van der Waals surface area contributed by atoms with Crippen LogP contribution in [0.2, 0.25) is 0 Å². The lowest BCUT2D eigenvalue weighted by atomic mass is 9.94. The monoisotopic (exact) mass is 708 g/mol. The van der Waals surface area contributed by atoms with Gasteiger partial charge in [0.15, 0.2) is 0 Å². The maximum atomic E-state index is 5.49. The molecule has 0 aromatic heterocycles. The van der Waals surface area contributed by atoms with E-state index in [4.69, 9.17) is 15.3 Å². The van der Waals surface area contributed by atoms with Gasteiger partial charge in [-0.05, 0) is 46.2 Å². The zero-order valence-corrected chi connectivity index (χ0v) is 30.9. The maximum absolute atomic E-state index is 5.49. The van der Waals surface area contributed by atoms with Gasteiger partial charge in [0.2, 0.25) is 0 Å². The Balaban J connectivity index is 1.26. The molecule has 7 rings (SSSR count). The van der Waals surface area contributed by atoms with Gasteiger partial charge in [-0.1, -0.05) is 182 Å². The molecule has 0 radical (unpaired) electrons. The first-order valence-electron chi connectivity index (χ1n) is 18.9. The maximum Gasteiger partial charge on any atom is 0.0894 e. The molecule has 6 heteroatoms. The summed E-state index contributed by atoms with van der Waals surface area (Å²) in [5.41, 5.74) is 10.5. The van der Waals surface area contributed by atoms with E-state index >= 15 is 0 Å². The van der Waals surface area contributed by atoms with E-state index in [1.54, 1.807) is 0 Å². The Morgan fingerprint density at radius 1 is 0.296 bits per heavy atom. The minimum Gasteiger partial charge on any atom is -0.288 e. The van der Waals surface area contributed by atoms with Crippen LogP contribution in [0.3, 0.4) is 0 Å². The van der Waals surface area contributed by atoms with Crippen molar-refractivity contribution in [2.75, 3.05) is 0 Å². The van der Waals surface area contributed by atoms with Gasteiger partial charge in [-0.3, -0.25) is 15.0 Å². The average molecular weight is 709 g/mol. The lowest BCUT2D eigenvalue weighted by Crippen LogP contribution is -2.33. The molecular weight excluding hydrogens is 661 g/mol. The minimum absolute atomic E-state index is 0.628. The highest BCUT2D eigenvalue weighted by molar-refractivity contribution is 6.47. The Kier molecular flexibility index (Phi) is 12.7. The van der Waals surface area contributed by atoms with Gasteiger partial charge in [-0.25, -0.2) is 0 Å². The van der Waals surface area contributed by atoms with E-state index in [9.17, 15) is 0 Å². The van der Waals surface area contributed by atoms with Crippen molar-refractivity contribution in [3.63, 3.8) is 0 Å². The molecule has 0 atom stereocenters. The molecule has 1 aliphatic carbocycles. The first-order valence-corrected chi connectivity index (χ1v) is 18.9. The lowest BCUT2D eigenvalue weighted by molar-refractivity contribution is 0.265. The van der Waals surface area contributed by atoms with E-state index in [1.165, 1.54) is 33.4 Å². The Bertz CT molecular complexity index is 1960. The van der Waals surface area contributed by atoms with Gasteiger partial charge < -0.3 is 0 Å². The second kappa shape index (κ2) is 19.0. The predicted octanol–water partition coefficient (Wildman–Crippen LogP) is 10.3. The van der Waals surface area contributed by atoms with Gasteiger partial charge in [0.05, 0.1) is 50.7 Å². The van der Waals surface area contributed by atoms with Crippen molar-refractivity contribution < 1.29 is 0 Å². The SMILES string of the molecule is c1ccc(CN(Cc2ccccc2)N=C2CCC(=NN(Cc3ccccc3)Cc3ccccc3)C(=NN(Cc3ccccc3)Cc3ccccc3)C2)cc1. The molecular formula is C48H48N6. The van der Waals surface area contributed by atoms with E-state index in [0.717, 1.165) is 43.1 Å². The topological polar surface area (TPSA) is 46.8 Å². The van der Waals surface area contributed by atoms with Crippen molar-refractivity contribution in [3.8, 4) is 0 Å². The highest BCUT2D eigenvalue weighted by atomic mass is 15.5. The van der Waals surface area contributed by atoms with Gasteiger partial charge >= 0.3 is 0 Å². The Labute approximate surface area is 320 Å². The summed E-state index contributed by atoms with van der Waals surface area (Å²) < 4.78 is 0. The molecule has 0 amide bonds. The fraction of sp³-hybridized carbons (Fsp3) is 0.188. The summed E-state index contributed by atoms with van der Waals surface area (Å²) in [4.78, 5) is 0. The number of hydrazone groups is 3. The van der Waals surface area contributed by atoms with Crippen LogP contribution in [0, 0.1) is 0 Å². The number of benzene rings is 6. The molecule has 1 saturated carbocycles. The van der Waals surface area contributed by atoms with Crippen molar-refractivity contribution in [3.05, 3.63) is 215 Å². The van der Waals surface area contributed by atoms with Crippen LogP contribution in [0.25, 0.3) is 0 Å². The lowest BCUT2D eigenvalue weighted by Gasteiger charge is -2.28. The minimum atomic E-state index is 0.628. The summed E-state index contributed by atoms with van der Waals surface area (Å²) in [7, 11) is 0. The molecule has 1 aliphatic rings. The fourth-order valence-electron chi connectivity index (χ4n) is 6.76. The third kappa shape index (κ3) is 11.1. The van der Waals surface area contributed by atoms with Gasteiger partial charge in [0, 0.05) is 12.1 Å². The van der Waals surface area contributed by atoms with E-state index in [2.05, 4.69) is 197 Å². The number of nitrogens with zero attached hydrogens (tertiary/aromatic N) is 6. The molecule has 0 bridgehead atoms. The second-order valence-electron chi connectivity index (χ2n) is 13.8. The van der Waals surface area contributed by atoms with Gasteiger partial charge in [0.1, 0.15) is 0 Å². The van der Waals surface area contributed by atoms with Crippen LogP contribution < -0.4 is 0 Å². The number of rotatable bonds is 15. The van der Waals surface area contributed by atoms with E-state index in [1.807, 2.05) is 0 Å². The normalized spacial score (nSPS) is 15.0. The predicted molar refractivity (Wildman–Crippen MR) is 223 cm³/mol. The Hall–Kier alpha value is -6.27. The fourth-order valence-corrected chi connectivity index (χ4v) is 6.76. The molecule has 270 valence electrons. The Morgan fingerprint density at radius 2 is 0.556 bits per heavy atom. The molecule has 0 N–H and O–H groups in total. The quantitative estimate of drug-likeness (QED) is 0.0998. The van der Waals surface area contributed by atoms with Crippen molar-refractivity contribution in [2.45, 2.75) is 58.5 Å². The molecule has 6 nitrogen and oxygen atoms in total. The van der Waals surface area contributed by atoms with E-state index < -0.39 is 0 Å². The first kappa shape index (κ1) is 36.1. The van der Waals surface area contributed by atoms with Crippen molar-refractivity contribution in [1.29, 1.82) is 0 Å². The van der Waals surface area contributed by atoms with Crippen LogP contribution in [-0.2, 0) is 39.3 Å². The summed E-state index contributed by atoms with van der Waals surface area (Å²) in [5, 5.41) is 22.9. The molecule has 0 unspecified atom stereocenters. The molecule has 0 aliphatic heterocycles. The first-order chi connectivity index (χ1) is 26.7. The highest BCUT2D eigenvalue weighted by Gasteiger charge is 2.24. The van der Waals surface area contributed by atoms with Crippen LogP contribution in [0.5, 0.6) is 0 Å². The second-order valence-corrected chi connectivity index (χ2v) is 13.8. The number of hydrogen-bond acceptors (Lipinski definition) is 6. The third-order valence-electron chi connectivity index (χ3n) is 9.41. The molecule has 0 heterocycles. The summed E-state index contributed by atoms with van der Waals surface area (Å²) in [6.07, 6.45) is 2.20. The van der Waals surface area contributed by atoms with E-state index in [0.29, 0.717) is 32.6 Å². The smallest absolute Gasteiger partial charge is 0.0894 e. The van der Waals surface area contributed by atoms with Gasteiger partial charge in [-0.15, -0.1) is 0 Å². The van der Waals surface area contributed by atoms with Crippen LogP contribution in [0.15, 0.2) is 197 Å². The van der Waals surface area contributed by atoms with Crippen LogP contribution in [0.4, 0.5) is 0 Å². The molecule has 0 saturated heterocycles. The average Bonchev–Trinajstić information content (AvgIpc) is 3.21.